The molecule has 0 aliphatic carbocycles. The number of halogens is 1. The van der Waals surface area contributed by atoms with Gasteiger partial charge in [-0.3, -0.25) is 4.79 Å². The quantitative estimate of drug-likeness (QED) is 0.638. The fourth-order valence-electron chi connectivity index (χ4n) is 1.12. The first-order valence-corrected chi connectivity index (χ1v) is 5.53. The Kier molecular flexibility index (Phi) is 5.42. The van der Waals surface area contributed by atoms with E-state index in [0.717, 1.165) is 23.4 Å². The molecule has 0 aromatic carbocycles. The largest absolute Gasteiger partial charge is 0.469 e. The summed E-state index contributed by atoms with van der Waals surface area (Å²) in [4.78, 5) is 10.8. The molecule has 15 heavy (non-hydrogen) atoms. The molecule has 5 heteroatoms. The highest BCUT2D eigenvalue weighted by molar-refractivity contribution is 9.10. The summed E-state index contributed by atoms with van der Waals surface area (Å²) < 4.78 is 10.6. The van der Waals surface area contributed by atoms with Crippen molar-refractivity contribution < 1.29 is 13.9 Å². The zero-order valence-corrected chi connectivity index (χ0v) is 10.2. The van der Waals surface area contributed by atoms with Crippen LogP contribution in [-0.4, -0.2) is 19.6 Å². The first-order chi connectivity index (χ1) is 7.22. The highest BCUT2D eigenvalue weighted by atomic mass is 79.9. The first-order valence-electron chi connectivity index (χ1n) is 4.74. The van der Waals surface area contributed by atoms with Crippen LogP contribution in [0.5, 0.6) is 0 Å². The minimum atomic E-state index is -0.169. The molecule has 0 fully saturated rings. The molecule has 4 nitrogen and oxygen atoms in total. The third-order valence-corrected chi connectivity index (χ3v) is 2.32. The molecule has 1 N–H and O–H groups in total. The Balaban J connectivity index is 2.05. The molecule has 0 aliphatic rings. The SMILES string of the molecule is COC(=O)CCCNCc1ccc(Br)o1. The molecule has 0 spiro atoms. The van der Waals surface area contributed by atoms with Crippen molar-refractivity contribution in [3.05, 3.63) is 22.6 Å². The van der Waals surface area contributed by atoms with Gasteiger partial charge >= 0.3 is 5.97 Å². The second-order valence-electron chi connectivity index (χ2n) is 3.06. The zero-order chi connectivity index (χ0) is 11.1. The molecule has 1 heterocycles. The molecule has 0 saturated heterocycles. The number of hydrogen-bond donors (Lipinski definition) is 1. The maximum atomic E-state index is 10.8. The highest BCUT2D eigenvalue weighted by Crippen LogP contribution is 2.13. The Morgan fingerprint density at radius 3 is 3.00 bits per heavy atom. The molecule has 0 bridgehead atoms. The Hall–Kier alpha value is -0.810. The molecule has 0 aliphatic heterocycles. The topological polar surface area (TPSA) is 51.5 Å². The molecule has 0 amide bonds. The number of esters is 1. The first kappa shape index (κ1) is 12.3. The van der Waals surface area contributed by atoms with Gasteiger partial charge in [-0.25, -0.2) is 0 Å². The summed E-state index contributed by atoms with van der Waals surface area (Å²) in [5, 5.41) is 3.17. The van der Waals surface area contributed by atoms with Gasteiger partial charge in [0.1, 0.15) is 5.76 Å². The monoisotopic (exact) mass is 275 g/mol. The molecule has 0 atom stereocenters. The molecular weight excluding hydrogens is 262 g/mol. The lowest BCUT2D eigenvalue weighted by Crippen LogP contribution is -2.15. The fourth-order valence-corrected chi connectivity index (χ4v) is 1.46. The Morgan fingerprint density at radius 1 is 1.60 bits per heavy atom. The van der Waals surface area contributed by atoms with Crippen LogP contribution in [0.1, 0.15) is 18.6 Å². The predicted molar refractivity (Wildman–Crippen MR) is 59.4 cm³/mol. The number of carbonyl (C=O) groups excluding carboxylic acids is 1. The lowest BCUT2D eigenvalue weighted by atomic mass is 10.3. The van der Waals surface area contributed by atoms with Crippen LogP contribution in [0.2, 0.25) is 0 Å². The summed E-state index contributed by atoms with van der Waals surface area (Å²) >= 11 is 3.23. The van der Waals surface area contributed by atoms with Crippen molar-refractivity contribution in [3.8, 4) is 0 Å². The number of carbonyl (C=O) groups is 1. The fraction of sp³-hybridized carbons (Fsp3) is 0.500. The molecule has 1 rings (SSSR count). The van der Waals surface area contributed by atoms with Crippen molar-refractivity contribution in [1.82, 2.24) is 5.32 Å². The van der Waals surface area contributed by atoms with Crippen LogP contribution in [0.4, 0.5) is 0 Å². The summed E-state index contributed by atoms with van der Waals surface area (Å²) in [5.41, 5.74) is 0. The van der Waals surface area contributed by atoms with E-state index < -0.39 is 0 Å². The second kappa shape index (κ2) is 6.63. The van der Waals surface area contributed by atoms with Crippen molar-refractivity contribution in [1.29, 1.82) is 0 Å². The van der Waals surface area contributed by atoms with E-state index in [1.807, 2.05) is 12.1 Å². The minimum absolute atomic E-state index is 0.169. The van der Waals surface area contributed by atoms with Crippen LogP contribution in [0.3, 0.4) is 0 Å². The van der Waals surface area contributed by atoms with Gasteiger partial charge in [0.05, 0.1) is 13.7 Å². The van der Waals surface area contributed by atoms with E-state index in [1.165, 1.54) is 7.11 Å². The average Bonchev–Trinajstić information content (AvgIpc) is 2.63. The number of rotatable bonds is 6. The van der Waals surface area contributed by atoms with Crippen molar-refractivity contribution in [2.24, 2.45) is 0 Å². The number of ether oxygens (including phenoxy) is 1. The van der Waals surface area contributed by atoms with E-state index in [2.05, 4.69) is 26.0 Å². The summed E-state index contributed by atoms with van der Waals surface area (Å²) in [6.07, 6.45) is 1.22. The normalized spacial score (nSPS) is 10.3. The van der Waals surface area contributed by atoms with Crippen LogP contribution in [0.25, 0.3) is 0 Å². The van der Waals surface area contributed by atoms with Gasteiger partial charge in [0.15, 0.2) is 4.67 Å². The van der Waals surface area contributed by atoms with Gasteiger partial charge in [0, 0.05) is 6.42 Å². The smallest absolute Gasteiger partial charge is 0.305 e. The molecule has 0 unspecified atom stereocenters. The lowest BCUT2D eigenvalue weighted by molar-refractivity contribution is -0.140. The van der Waals surface area contributed by atoms with E-state index in [0.29, 0.717) is 13.0 Å². The van der Waals surface area contributed by atoms with Gasteiger partial charge in [-0.1, -0.05) is 0 Å². The minimum Gasteiger partial charge on any atom is -0.469 e. The van der Waals surface area contributed by atoms with E-state index in [-0.39, 0.29) is 5.97 Å². The predicted octanol–water partition coefficient (Wildman–Crippen LogP) is 2.08. The van der Waals surface area contributed by atoms with E-state index >= 15 is 0 Å². The van der Waals surface area contributed by atoms with Crippen molar-refractivity contribution in [3.63, 3.8) is 0 Å². The van der Waals surface area contributed by atoms with Crippen LogP contribution in [0, 0.1) is 0 Å². The van der Waals surface area contributed by atoms with Crippen LogP contribution in [0.15, 0.2) is 21.2 Å². The van der Waals surface area contributed by atoms with Crippen molar-refractivity contribution >= 4 is 21.9 Å². The number of methoxy groups -OCH3 is 1. The van der Waals surface area contributed by atoms with E-state index in [9.17, 15) is 4.79 Å². The lowest BCUT2D eigenvalue weighted by Gasteiger charge is -2.01. The Morgan fingerprint density at radius 2 is 2.40 bits per heavy atom. The third-order valence-electron chi connectivity index (χ3n) is 1.89. The third kappa shape index (κ3) is 4.99. The zero-order valence-electron chi connectivity index (χ0n) is 8.59. The van der Waals surface area contributed by atoms with Gasteiger partial charge in [-0.15, -0.1) is 0 Å². The Labute approximate surface area is 97.1 Å². The molecule has 1 aromatic heterocycles. The standard InChI is InChI=1S/C10H14BrNO3/c1-14-10(13)3-2-6-12-7-8-4-5-9(11)15-8/h4-5,12H,2-3,6-7H2,1H3. The summed E-state index contributed by atoms with van der Waals surface area (Å²) in [6, 6.07) is 3.75. The maximum Gasteiger partial charge on any atom is 0.305 e. The molecule has 84 valence electrons. The number of furan rings is 1. The average molecular weight is 276 g/mol. The van der Waals surface area contributed by atoms with Crippen LogP contribution in [-0.2, 0) is 16.1 Å². The number of nitrogens with one attached hydrogen (secondary N) is 1. The second-order valence-corrected chi connectivity index (χ2v) is 3.84. The summed E-state index contributed by atoms with van der Waals surface area (Å²) in [5.74, 6) is 0.706. The summed E-state index contributed by atoms with van der Waals surface area (Å²) in [7, 11) is 1.40. The van der Waals surface area contributed by atoms with Gasteiger partial charge in [0.25, 0.3) is 0 Å². The van der Waals surface area contributed by atoms with Crippen molar-refractivity contribution in [2.75, 3.05) is 13.7 Å². The van der Waals surface area contributed by atoms with E-state index in [1.54, 1.807) is 0 Å². The Bertz CT molecular complexity index is 311. The maximum absolute atomic E-state index is 10.8. The van der Waals surface area contributed by atoms with Gasteiger partial charge < -0.3 is 14.5 Å². The van der Waals surface area contributed by atoms with Crippen molar-refractivity contribution in [2.45, 2.75) is 19.4 Å². The molecular formula is C10H14BrNO3. The highest BCUT2D eigenvalue weighted by Gasteiger charge is 2.00. The van der Waals surface area contributed by atoms with Gasteiger partial charge in [-0.05, 0) is 41.0 Å². The molecule has 0 saturated carbocycles. The van der Waals surface area contributed by atoms with Crippen LogP contribution >= 0.6 is 15.9 Å². The molecule has 1 aromatic rings. The van der Waals surface area contributed by atoms with Gasteiger partial charge in [-0.2, -0.15) is 0 Å². The summed E-state index contributed by atoms with van der Waals surface area (Å²) in [6.45, 7) is 1.44. The van der Waals surface area contributed by atoms with Gasteiger partial charge in [0.2, 0.25) is 0 Å². The van der Waals surface area contributed by atoms with E-state index in [4.69, 9.17) is 4.42 Å². The molecule has 0 radical (unpaired) electrons. The number of hydrogen-bond acceptors (Lipinski definition) is 4. The van der Waals surface area contributed by atoms with Crippen LogP contribution < -0.4 is 5.32 Å².